The highest BCUT2D eigenvalue weighted by Gasteiger charge is 2.24. The maximum absolute atomic E-state index is 12.8. The molecule has 0 atom stereocenters. The minimum absolute atomic E-state index is 0.0307. The summed E-state index contributed by atoms with van der Waals surface area (Å²) in [5, 5.41) is 4.43. The first kappa shape index (κ1) is 17.3. The molecular weight excluding hydrogens is 320 g/mol. The van der Waals surface area contributed by atoms with Crippen LogP contribution in [0.5, 0.6) is 11.5 Å². The first-order valence-electron chi connectivity index (χ1n) is 8.27. The van der Waals surface area contributed by atoms with Crippen molar-refractivity contribution < 1.29 is 14.3 Å². The predicted octanol–water partition coefficient (Wildman–Crippen LogP) is 1.49. The van der Waals surface area contributed by atoms with Crippen LogP contribution in [0, 0.1) is 0 Å². The minimum atomic E-state index is -0.0307. The smallest absolute Gasteiger partial charge is 0.274 e. The summed E-state index contributed by atoms with van der Waals surface area (Å²) >= 11 is 0. The Kier molecular flexibility index (Phi) is 4.94. The van der Waals surface area contributed by atoms with Gasteiger partial charge in [0.25, 0.3) is 5.91 Å². The molecule has 1 aromatic carbocycles. The lowest BCUT2D eigenvalue weighted by molar-refractivity contribution is 0.0657. The normalized spacial score (nSPS) is 15.3. The van der Waals surface area contributed by atoms with E-state index in [1.165, 1.54) is 0 Å². The molecule has 0 spiro atoms. The maximum Gasteiger partial charge on any atom is 0.274 e. The number of methoxy groups -OCH3 is 2. The second-order valence-corrected chi connectivity index (χ2v) is 6.20. The van der Waals surface area contributed by atoms with Crippen LogP contribution in [0.4, 0.5) is 0 Å². The van der Waals surface area contributed by atoms with Gasteiger partial charge in [-0.05, 0) is 31.3 Å². The molecule has 1 aliphatic rings. The lowest BCUT2D eigenvalue weighted by Crippen LogP contribution is -2.47. The van der Waals surface area contributed by atoms with E-state index < -0.39 is 0 Å². The first-order valence-corrected chi connectivity index (χ1v) is 8.27. The van der Waals surface area contributed by atoms with Crippen molar-refractivity contribution >= 4 is 5.91 Å². The summed E-state index contributed by atoms with van der Waals surface area (Å²) in [5.74, 6) is 1.41. The number of ether oxygens (including phenoxy) is 2. The molecule has 1 aliphatic heterocycles. The number of hydrogen-bond acceptors (Lipinski definition) is 5. The average molecular weight is 344 g/mol. The number of carbonyl (C=O) groups is 1. The van der Waals surface area contributed by atoms with Crippen LogP contribution in [0.3, 0.4) is 0 Å². The molecule has 134 valence electrons. The van der Waals surface area contributed by atoms with Gasteiger partial charge in [-0.15, -0.1) is 0 Å². The molecule has 1 saturated heterocycles. The van der Waals surface area contributed by atoms with Crippen LogP contribution < -0.4 is 9.47 Å². The summed E-state index contributed by atoms with van der Waals surface area (Å²) < 4.78 is 12.5. The fourth-order valence-corrected chi connectivity index (χ4v) is 3.01. The van der Waals surface area contributed by atoms with E-state index in [1.807, 2.05) is 36.2 Å². The van der Waals surface area contributed by atoms with Crippen molar-refractivity contribution in [3.8, 4) is 22.8 Å². The molecule has 0 radical (unpaired) electrons. The molecule has 1 aromatic heterocycles. The van der Waals surface area contributed by atoms with Crippen molar-refractivity contribution in [2.45, 2.75) is 0 Å². The van der Waals surface area contributed by atoms with E-state index in [0.29, 0.717) is 11.4 Å². The Hall–Kier alpha value is -2.54. The number of aromatic nitrogens is 2. The summed E-state index contributed by atoms with van der Waals surface area (Å²) in [4.78, 5) is 16.8. The van der Waals surface area contributed by atoms with Gasteiger partial charge in [0.2, 0.25) is 0 Å². The molecule has 2 heterocycles. The van der Waals surface area contributed by atoms with Crippen molar-refractivity contribution in [1.29, 1.82) is 0 Å². The Morgan fingerprint density at radius 2 is 1.76 bits per heavy atom. The van der Waals surface area contributed by atoms with Gasteiger partial charge >= 0.3 is 0 Å². The minimum Gasteiger partial charge on any atom is -0.497 e. The van der Waals surface area contributed by atoms with Crippen LogP contribution in [0.2, 0.25) is 0 Å². The monoisotopic (exact) mass is 344 g/mol. The van der Waals surface area contributed by atoms with Crippen LogP contribution in [0.25, 0.3) is 11.3 Å². The Morgan fingerprint density at radius 3 is 2.40 bits per heavy atom. The molecule has 0 N–H and O–H groups in total. The van der Waals surface area contributed by atoms with E-state index in [1.54, 1.807) is 18.9 Å². The third kappa shape index (κ3) is 3.46. The number of likely N-dealkylation sites (N-methyl/N-ethyl adjacent to an activating group) is 1. The Labute approximate surface area is 147 Å². The van der Waals surface area contributed by atoms with Crippen LogP contribution in [0.1, 0.15) is 10.5 Å². The molecule has 25 heavy (non-hydrogen) atoms. The molecule has 0 saturated carbocycles. The van der Waals surface area contributed by atoms with Gasteiger partial charge in [-0.1, -0.05) is 0 Å². The number of amides is 1. The Morgan fingerprint density at radius 1 is 1.04 bits per heavy atom. The molecule has 2 aromatic rings. The quantitative estimate of drug-likeness (QED) is 0.841. The maximum atomic E-state index is 12.8. The average Bonchev–Trinajstić information content (AvgIpc) is 3.02. The largest absolute Gasteiger partial charge is 0.497 e. The molecule has 7 nitrogen and oxygen atoms in total. The molecule has 7 heteroatoms. The van der Waals surface area contributed by atoms with Gasteiger partial charge in [0, 0.05) is 38.8 Å². The van der Waals surface area contributed by atoms with E-state index in [9.17, 15) is 4.79 Å². The molecule has 0 aliphatic carbocycles. The molecular formula is C18H24N4O3. The number of hydrogen-bond donors (Lipinski definition) is 0. The second-order valence-electron chi connectivity index (χ2n) is 6.20. The third-order valence-electron chi connectivity index (χ3n) is 4.57. The standard InChI is InChI=1S/C18H24N4O3/c1-20-7-9-22(10-8-20)18(23)15-12-16(21(2)19-15)14-11-13(24-3)5-6-17(14)25-4/h5-6,11-12H,7-10H2,1-4H3. The zero-order valence-electron chi connectivity index (χ0n) is 15.2. The SMILES string of the molecule is COc1ccc(OC)c(-c2cc(C(=O)N3CCN(C)CC3)nn2C)c1. The Balaban J connectivity index is 1.91. The number of piperazine rings is 1. The topological polar surface area (TPSA) is 59.8 Å². The fourth-order valence-electron chi connectivity index (χ4n) is 3.01. The van der Waals surface area contributed by atoms with E-state index in [-0.39, 0.29) is 5.91 Å². The number of benzene rings is 1. The molecule has 0 bridgehead atoms. The number of carbonyl (C=O) groups excluding carboxylic acids is 1. The van der Waals surface area contributed by atoms with Gasteiger partial charge in [-0.2, -0.15) is 5.10 Å². The van der Waals surface area contributed by atoms with Gasteiger partial charge in [0.05, 0.1) is 19.9 Å². The fraction of sp³-hybridized carbons (Fsp3) is 0.444. The summed E-state index contributed by atoms with van der Waals surface area (Å²) in [6.07, 6.45) is 0. The Bertz CT molecular complexity index is 764. The van der Waals surface area contributed by atoms with Crippen LogP contribution in [-0.4, -0.2) is 72.9 Å². The summed E-state index contributed by atoms with van der Waals surface area (Å²) in [6, 6.07) is 7.40. The van der Waals surface area contributed by atoms with Crippen molar-refractivity contribution in [1.82, 2.24) is 19.6 Å². The van der Waals surface area contributed by atoms with Crippen molar-refractivity contribution in [2.75, 3.05) is 47.4 Å². The van der Waals surface area contributed by atoms with Gasteiger partial charge in [0.1, 0.15) is 11.5 Å². The lowest BCUT2D eigenvalue weighted by Gasteiger charge is -2.31. The highest BCUT2D eigenvalue weighted by atomic mass is 16.5. The highest BCUT2D eigenvalue weighted by Crippen LogP contribution is 2.33. The molecule has 0 unspecified atom stereocenters. The molecule has 1 amide bonds. The predicted molar refractivity (Wildman–Crippen MR) is 95.1 cm³/mol. The zero-order chi connectivity index (χ0) is 18.0. The van der Waals surface area contributed by atoms with Crippen molar-refractivity contribution in [2.24, 2.45) is 7.05 Å². The van der Waals surface area contributed by atoms with Gasteiger partial charge in [0.15, 0.2) is 5.69 Å². The van der Waals surface area contributed by atoms with E-state index >= 15 is 0 Å². The lowest BCUT2D eigenvalue weighted by atomic mass is 10.1. The third-order valence-corrected chi connectivity index (χ3v) is 4.57. The summed E-state index contributed by atoms with van der Waals surface area (Å²) in [6.45, 7) is 3.22. The zero-order valence-corrected chi connectivity index (χ0v) is 15.2. The van der Waals surface area contributed by atoms with E-state index in [4.69, 9.17) is 9.47 Å². The van der Waals surface area contributed by atoms with Crippen LogP contribution >= 0.6 is 0 Å². The van der Waals surface area contributed by atoms with Crippen molar-refractivity contribution in [3.05, 3.63) is 30.0 Å². The number of aryl methyl sites for hydroxylation is 1. The summed E-state index contributed by atoms with van der Waals surface area (Å²) in [7, 11) is 7.14. The number of rotatable bonds is 4. The highest BCUT2D eigenvalue weighted by molar-refractivity contribution is 5.93. The van der Waals surface area contributed by atoms with E-state index in [2.05, 4.69) is 17.0 Å². The second kappa shape index (κ2) is 7.14. The number of nitrogens with zero attached hydrogens (tertiary/aromatic N) is 4. The van der Waals surface area contributed by atoms with E-state index in [0.717, 1.165) is 43.2 Å². The van der Waals surface area contributed by atoms with Crippen molar-refractivity contribution in [3.63, 3.8) is 0 Å². The molecule has 3 rings (SSSR count). The van der Waals surface area contributed by atoms with Crippen LogP contribution in [0.15, 0.2) is 24.3 Å². The van der Waals surface area contributed by atoms with Crippen LogP contribution in [-0.2, 0) is 7.05 Å². The molecule has 1 fully saturated rings. The summed E-state index contributed by atoms with van der Waals surface area (Å²) in [5.41, 5.74) is 2.11. The van der Waals surface area contributed by atoms with Gasteiger partial charge in [-0.25, -0.2) is 0 Å². The van der Waals surface area contributed by atoms with Gasteiger partial charge < -0.3 is 19.3 Å². The first-order chi connectivity index (χ1) is 12.0. The van der Waals surface area contributed by atoms with Gasteiger partial charge in [-0.3, -0.25) is 9.48 Å².